The average Bonchev–Trinajstić information content (AvgIpc) is 3.25. The molecule has 10 heteroatoms. The normalized spacial score (nSPS) is 11.9. The molecule has 33 heavy (non-hydrogen) atoms. The lowest BCUT2D eigenvalue weighted by Gasteiger charge is -2.19. The van der Waals surface area contributed by atoms with Crippen LogP contribution < -0.4 is 16.2 Å². The number of furan rings is 1. The Balaban J connectivity index is 1.70. The molecule has 0 bridgehead atoms. The molecule has 0 saturated heterocycles. The number of aryl methyl sites for hydroxylation is 1. The van der Waals surface area contributed by atoms with Gasteiger partial charge in [-0.2, -0.15) is 0 Å². The van der Waals surface area contributed by atoms with E-state index in [4.69, 9.17) is 4.42 Å². The number of hydrogen-bond acceptors (Lipinski definition) is 6. The maximum atomic E-state index is 14.7. The van der Waals surface area contributed by atoms with Gasteiger partial charge in [-0.05, 0) is 36.6 Å². The van der Waals surface area contributed by atoms with Crippen molar-refractivity contribution in [1.82, 2.24) is 20.6 Å². The molecule has 1 aromatic carbocycles. The van der Waals surface area contributed by atoms with E-state index >= 15 is 0 Å². The van der Waals surface area contributed by atoms with Gasteiger partial charge in [0.05, 0.1) is 0 Å². The van der Waals surface area contributed by atoms with Gasteiger partial charge < -0.3 is 20.0 Å². The predicted molar refractivity (Wildman–Crippen MR) is 123 cm³/mol. The topological polar surface area (TPSA) is 117 Å². The molecule has 2 aromatic heterocycles. The fourth-order valence-electron chi connectivity index (χ4n) is 3.10. The van der Waals surface area contributed by atoms with Crippen LogP contribution in [0.25, 0.3) is 11.3 Å². The Morgan fingerprint density at radius 2 is 1.97 bits per heavy atom. The van der Waals surface area contributed by atoms with Gasteiger partial charge in [0.25, 0.3) is 11.5 Å². The third-order valence-electron chi connectivity index (χ3n) is 4.86. The Hall–Kier alpha value is -3.40. The molecule has 0 radical (unpaired) electrons. The molecule has 3 aromatic rings. The third-order valence-corrected chi connectivity index (χ3v) is 5.78. The average molecular weight is 473 g/mol. The molecule has 3 rings (SSSR count). The number of halogens is 1. The number of aromatic nitrogens is 2. The summed E-state index contributed by atoms with van der Waals surface area (Å²) in [7, 11) is 1.50. The van der Waals surface area contributed by atoms with Crippen molar-refractivity contribution in [3.63, 3.8) is 0 Å². The summed E-state index contributed by atoms with van der Waals surface area (Å²) in [5.74, 6) is -0.770. The van der Waals surface area contributed by atoms with Gasteiger partial charge in [-0.1, -0.05) is 37.7 Å². The van der Waals surface area contributed by atoms with Crippen molar-refractivity contribution in [3.8, 4) is 11.3 Å². The van der Waals surface area contributed by atoms with Crippen LogP contribution in [0.15, 0.2) is 50.8 Å². The molecule has 0 fully saturated rings. The molecule has 0 aliphatic heterocycles. The number of H-pyrrole nitrogens is 1. The van der Waals surface area contributed by atoms with Crippen molar-refractivity contribution >= 4 is 23.6 Å². The smallest absolute Gasteiger partial charge is 0.287 e. The van der Waals surface area contributed by atoms with Crippen LogP contribution in [0, 0.1) is 18.7 Å². The first kappa shape index (κ1) is 24.2. The Bertz CT molecular complexity index is 1220. The number of likely N-dealkylation sites (N-methyl/N-ethyl adjacent to an activating group) is 1. The van der Waals surface area contributed by atoms with Crippen molar-refractivity contribution in [3.05, 3.63) is 69.6 Å². The lowest BCUT2D eigenvalue weighted by molar-refractivity contribution is -0.123. The van der Waals surface area contributed by atoms with Crippen molar-refractivity contribution in [2.75, 3.05) is 7.05 Å². The van der Waals surface area contributed by atoms with Crippen LogP contribution in [0.3, 0.4) is 0 Å². The Labute approximate surface area is 194 Å². The van der Waals surface area contributed by atoms with Gasteiger partial charge in [0, 0.05) is 30.1 Å². The summed E-state index contributed by atoms with van der Waals surface area (Å²) in [6.07, 6.45) is 0. The molecule has 0 aliphatic carbocycles. The molecule has 1 atom stereocenters. The second kappa shape index (κ2) is 10.5. The number of hydrogen-bond donors (Lipinski definition) is 3. The van der Waals surface area contributed by atoms with Gasteiger partial charge in [-0.3, -0.25) is 14.4 Å². The molecular formula is C23H25FN4O4S. The minimum atomic E-state index is -0.705. The first-order chi connectivity index (χ1) is 15.7. The lowest BCUT2D eigenvalue weighted by atomic mass is 10.0. The molecule has 2 amide bonds. The van der Waals surface area contributed by atoms with Crippen LogP contribution in [-0.2, 0) is 10.5 Å². The fraction of sp³-hybridized carbons (Fsp3) is 0.304. The van der Waals surface area contributed by atoms with Crippen LogP contribution in [0.1, 0.15) is 35.7 Å². The molecule has 8 nitrogen and oxygen atoms in total. The first-order valence-corrected chi connectivity index (χ1v) is 11.3. The summed E-state index contributed by atoms with van der Waals surface area (Å²) in [4.78, 5) is 42.9. The van der Waals surface area contributed by atoms with E-state index in [1.807, 2.05) is 13.8 Å². The van der Waals surface area contributed by atoms with Crippen LogP contribution in [0.5, 0.6) is 0 Å². The zero-order valence-corrected chi connectivity index (χ0v) is 19.5. The van der Waals surface area contributed by atoms with Gasteiger partial charge in [0.2, 0.25) is 5.91 Å². The summed E-state index contributed by atoms with van der Waals surface area (Å²) in [5, 5.41) is 5.60. The maximum absolute atomic E-state index is 14.7. The number of carbonyl (C=O) groups is 2. The van der Waals surface area contributed by atoms with Crippen molar-refractivity contribution < 1.29 is 18.4 Å². The van der Waals surface area contributed by atoms with Crippen molar-refractivity contribution in [2.45, 2.75) is 37.7 Å². The number of nitrogens with one attached hydrogen (secondary N) is 3. The van der Waals surface area contributed by atoms with E-state index < -0.39 is 17.8 Å². The molecular weight excluding hydrogens is 447 g/mol. The number of carbonyl (C=O) groups excluding carboxylic acids is 2. The summed E-state index contributed by atoms with van der Waals surface area (Å²) < 4.78 is 20.3. The van der Waals surface area contributed by atoms with Gasteiger partial charge in [0.15, 0.2) is 10.9 Å². The fourth-order valence-corrected chi connectivity index (χ4v) is 4.01. The van der Waals surface area contributed by atoms with Crippen LogP contribution in [0.4, 0.5) is 4.39 Å². The SMILES string of the molecule is CNC(=O)[C@@H](NC(=O)c1ccc(-c2ccc(CSc3nc(C)cc(=O)[nH]3)c(F)c2)o1)C(C)C. The Kier molecular flexibility index (Phi) is 7.70. The molecule has 3 N–H and O–H groups in total. The minimum absolute atomic E-state index is 0.0223. The van der Waals surface area contributed by atoms with Gasteiger partial charge in [-0.25, -0.2) is 9.37 Å². The molecule has 174 valence electrons. The van der Waals surface area contributed by atoms with E-state index in [0.717, 1.165) is 0 Å². The number of amides is 2. The van der Waals surface area contributed by atoms with Crippen LogP contribution >= 0.6 is 11.8 Å². The monoisotopic (exact) mass is 472 g/mol. The predicted octanol–water partition coefficient (Wildman–Crippen LogP) is 3.27. The summed E-state index contributed by atoms with van der Waals surface area (Å²) in [6, 6.07) is 8.37. The maximum Gasteiger partial charge on any atom is 0.287 e. The van der Waals surface area contributed by atoms with E-state index in [1.165, 1.54) is 37.0 Å². The highest BCUT2D eigenvalue weighted by Gasteiger charge is 2.25. The number of benzene rings is 1. The quantitative estimate of drug-likeness (QED) is 0.342. The number of aromatic amines is 1. The highest BCUT2D eigenvalue weighted by Crippen LogP contribution is 2.27. The zero-order chi connectivity index (χ0) is 24.1. The second-order valence-corrected chi connectivity index (χ2v) is 8.72. The standard InChI is InChI=1S/C23H25FN4O4S/c1-12(2)20(22(31)25-4)28-21(30)18-8-7-17(32-18)14-5-6-15(16(24)10-14)11-33-23-26-13(3)9-19(29)27-23/h5-10,12,20H,11H2,1-4H3,(H,25,31)(H,28,30)(H,26,27,29)/t20-/m0/s1. The van der Waals surface area contributed by atoms with Crippen LogP contribution in [-0.4, -0.2) is 34.9 Å². The van der Waals surface area contributed by atoms with Crippen molar-refractivity contribution in [2.24, 2.45) is 5.92 Å². The minimum Gasteiger partial charge on any atom is -0.451 e. The molecule has 0 saturated carbocycles. The van der Waals surface area contributed by atoms with E-state index in [2.05, 4.69) is 20.6 Å². The Morgan fingerprint density at radius 1 is 1.21 bits per heavy atom. The Morgan fingerprint density at radius 3 is 2.61 bits per heavy atom. The summed E-state index contributed by atoms with van der Waals surface area (Å²) in [5.41, 5.74) is 1.23. The second-order valence-electron chi connectivity index (χ2n) is 7.76. The third kappa shape index (κ3) is 6.10. The molecule has 0 aliphatic rings. The summed E-state index contributed by atoms with van der Waals surface area (Å²) >= 11 is 1.22. The zero-order valence-electron chi connectivity index (χ0n) is 18.7. The molecule has 2 heterocycles. The lowest BCUT2D eigenvalue weighted by Crippen LogP contribution is -2.48. The van der Waals surface area contributed by atoms with Crippen LogP contribution in [0.2, 0.25) is 0 Å². The van der Waals surface area contributed by atoms with E-state index in [1.54, 1.807) is 25.1 Å². The van der Waals surface area contributed by atoms with Gasteiger partial charge in [0.1, 0.15) is 17.6 Å². The van der Waals surface area contributed by atoms with E-state index in [9.17, 15) is 18.8 Å². The highest BCUT2D eigenvalue weighted by atomic mass is 32.2. The number of thioether (sulfide) groups is 1. The molecule has 0 spiro atoms. The molecule has 0 unspecified atom stereocenters. The van der Waals surface area contributed by atoms with Crippen molar-refractivity contribution in [1.29, 1.82) is 0 Å². The number of nitrogens with zero attached hydrogens (tertiary/aromatic N) is 1. The number of rotatable bonds is 8. The highest BCUT2D eigenvalue weighted by molar-refractivity contribution is 7.98. The van der Waals surface area contributed by atoms with Gasteiger partial charge in [-0.15, -0.1) is 0 Å². The van der Waals surface area contributed by atoms with Gasteiger partial charge >= 0.3 is 0 Å². The first-order valence-electron chi connectivity index (χ1n) is 10.3. The summed E-state index contributed by atoms with van der Waals surface area (Å²) in [6.45, 7) is 5.36. The van der Waals surface area contributed by atoms with E-state index in [0.29, 0.717) is 27.7 Å². The van der Waals surface area contributed by atoms with E-state index in [-0.39, 0.29) is 28.9 Å². The largest absolute Gasteiger partial charge is 0.451 e.